The van der Waals surface area contributed by atoms with E-state index in [1.807, 2.05) is 30.3 Å². The Morgan fingerprint density at radius 1 is 1.24 bits per heavy atom. The summed E-state index contributed by atoms with van der Waals surface area (Å²) in [6, 6.07) is 11.4. The second kappa shape index (κ2) is 9.44. The molecule has 0 saturated heterocycles. The van der Waals surface area contributed by atoms with Gasteiger partial charge in [-0.25, -0.2) is 14.6 Å². The van der Waals surface area contributed by atoms with Crippen molar-refractivity contribution < 1.29 is 23.9 Å². The molecule has 37 heavy (non-hydrogen) atoms. The van der Waals surface area contributed by atoms with Gasteiger partial charge >= 0.3 is 12.1 Å². The first kappa shape index (κ1) is 24.6. The largest absolute Gasteiger partial charge is 0.457 e. The lowest BCUT2D eigenvalue weighted by atomic mass is 9.85. The second-order valence-electron chi connectivity index (χ2n) is 9.35. The molecule has 2 aromatic heterocycles. The minimum absolute atomic E-state index is 0.0470. The second-order valence-corrected chi connectivity index (χ2v) is 9.35. The summed E-state index contributed by atoms with van der Waals surface area (Å²) in [5.41, 5.74) is 1.32. The van der Waals surface area contributed by atoms with Gasteiger partial charge in [0.05, 0.1) is 35.6 Å². The van der Waals surface area contributed by atoms with Crippen LogP contribution in [0.1, 0.15) is 37.0 Å². The number of pyridine rings is 2. The van der Waals surface area contributed by atoms with E-state index in [0.717, 1.165) is 16.5 Å². The molecule has 10 nitrogen and oxygen atoms in total. The summed E-state index contributed by atoms with van der Waals surface area (Å²) in [4.78, 5) is 57.9. The Morgan fingerprint density at radius 2 is 2.03 bits per heavy atom. The Bertz CT molecular complexity index is 1500. The zero-order valence-electron chi connectivity index (χ0n) is 21.0. The summed E-state index contributed by atoms with van der Waals surface area (Å²) >= 11 is 0. The molecule has 2 aliphatic rings. The summed E-state index contributed by atoms with van der Waals surface area (Å²) in [7, 11) is 1.72. The predicted molar refractivity (Wildman–Crippen MR) is 135 cm³/mol. The molecule has 0 bridgehead atoms. The number of benzene rings is 1. The SMILES string of the molecule is CC[C@@]1(OC(=O)N(CCNC)CC(C)=O)C(=O)OCc2c1cc1n(c2=O)Cc2cc3ccccc3nc2-1. The fourth-order valence-corrected chi connectivity index (χ4v) is 5.05. The lowest BCUT2D eigenvalue weighted by Crippen LogP contribution is -2.50. The van der Waals surface area contributed by atoms with Crippen molar-refractivity contribution in [2.45, 2.75) is 39.0 Å². The molecule has 2 aliphatic heterocycles. The highest BCUT2D eigenvalue weighted by molar-refractivity contribution is 5.89. The standard InChI is InChI=1S/C27H28N4O6/c1-4-27(37-26(35)30(10-9-28-3)13-16(2)32)20-12-22-23-18(11-17-7-5-6-8-21(17)29-23)14-31(22)24(33)19(20)15-36-25(27)34/h5-8,11-12,28H,4,9-10,13-15H2,1-3H3/t27-/m0/s1. The van der Waals surface area contributed by atoms with Crippen LogP contribution in [-0.4, -0.2) is 59.0 Å². The number of hydrogen-bond donors (Lipinski definition) is 1. The van der Waals surface area contributed by atoms with Crippen LogP contribution >= 0.6 is 0 Å². The molecule has 1 aromatic carbocycles. The molecule has 0 aliphatic carbocycles. The molecular formula is C27H28N4O6. The van der Waals surface area contributed by atoms with E-state index in [9.17, 15) is 19.2 Å². The fourth-order valence-electron chi connectivity index (χ4n) is 5.05. The fraction of sp³-hybridized carbons (Fsp3) is 0.370. The topological polar surface area (TPSA) is 120 Å². The van der Waals surface area contributed by atoms with Gasteiger partial charge in [0.25, 0.3) is 5.56 Å². The number of fused-ring (bicyclic) bond motifs is 5. The van der Waals surface area contributed by atoms with Crippen molar-refractivity contribution in [2.24, 2.45) is 0 Å². The predicted octanol–water partition coefficient (Wildman–Crippen LogP) is 2.33. The Kier molecular flexibility index (Phi) is 6.28. The average molecular weight is 505 g/mol. The Labute approximate surface area is 213 Å². The van der Waals surface area contributed by atoms with Gasteiger partial charge in [0.1, 0.15) is 12.4 Å². The maximum Gasteiger partial charge on any atom is 0.411 e. The van der Waals surface area contributed by atoms with E-state index in [1.54, 1.807) is 24.6 Å². The molecule has 0 radical (unpaired) electrons. The quantitative estimate of drug-likeness (QED) is 0.381. The monoisotopic (exact) mass is 504 g/mol. The number of nitrogens with one attached hydrogen (secondary N) is 1. The first-order chi connectivity index (χ1) is 17.8. The van der Waals surface area contributed by atoms with Crippen LogP contribution in [0.5, 0.6) is 0 Å². The lowest BCUT2D eigenvalue weighted by molar-refractivity contribution is -0.173. The van der Waals surface area contributed by atoms with E-state index in [1.165, 1.54) is 11.8 Å². The van der Waals surface area contributed by atoms with Crippen LogP contribution in [0.2, 0.25) is 0 Å². The number of cyclic esters (lactones) is 1. The molecule has 1 N–H and O–H groups in total. The number of rotatable bonds is 7. The van der Waals surface area contributed by atoms with Crippen molar-refractivity contribution in [1.82, 2.24) is 19.8 Å². The summed E-state index contributed by atoms with van der Waals surface area (Å²) < 4.78 is 12.9. The molecule has 192 valence electrons. The normalized spacial score (nSPS) is 17.5. The third-order valence-corrected chi connectivity index (χ3v) is 6.95. The molecule has 4 heterocycles. The minimum atomic E-state index is -1.83. The van der Waals surface area contributed by atoms with Gasteiger partial charge < -0.3 is 19.4 Å². The van der Waals surface area contributed by atoms with Crippen molar-refractivity contribution >= 4 is 28.7 Å². The van der Waals surface area contributed by atoms with Gasteiger partial charge in [-0.2, -0.15) is 0 Å². The van der Waals surface area contributed by atoms with Crippen molar-refractivity contribution in [3.05, 3.63) is 63.4 Å². The molecule has 0 saturated carbocycles. The average Bonchev–Trinajstić information content (AvgIpc) is 3.24. The van der Waals surface area contributed by atoms with Crippen LogP contribution in [-0.2, 0) is 37.8 Å². The summed E-state index contributed by atoms with van der Waals surface area (Å²) in [6.45, 7) is 3.66. The summed E-state index contributed by atoms with van der Waals surface area (Å²) in [5, 5.41) is 3.90. The van der Waals surface area contributed by atoms with Crippen molar-refractivity contribution in [1.29, 1.82) is 0 Å². The van der Waals surface area contributed by atoms with E-state index < -0.39 is 17.7 Å². The number of carbonyl (C=O) groups is 3. The minimum Gasteiger partial charge on any atom is -0.457 e. The third kappa shape index (κ3) is 4.07. The van der Waals surface area contributed by atoms with Crippen molar-refractivity contribution in [3.63, 3.8) is 0 Å². The molecule has 1 amide bonds. The summed E-state index contributed by atoms with van der Waals surface area (Å²) in [5.74, 6) is -0.975. The van der Waals surface area contributed by atoms with Crippen molar-refractivity contribution in [2.75, 3.05) is 26.7 Å². The molecular weight excluding hydrogens is 476 g/mol. The number of esters is 1. The van der Waals surface area contributed by atoms with Gasteiger partial charge in [0.15, 0.2) is 0 Å². The van der Waals surface area contributed by atoms with Gasteiger partial charge in [-0.3, -0.25) is 14.5 Å². The molecule has 0 spiro atoms. The van der Waals surface area contributed by atoms with Crippen LogP contribution in [0.25, 0.3) is 22.3 Å². The molecule has 1 atom stereocenters. The highest BCUT2D eigenvalue weighted by Crippen LogP contribution is 2.41. The van der Waals surface area contributed by atoms with E-state index >= 15 is 0 Å². The van der Waals surface area contributed by atoms with Gasteiger partial charge in [0, 0.05) is 29.6 Å². The molecule has 10 heteroatoms. The third-order valence-electron chi connectivity index (χ3n) is 6.95. The zero-order valence-corrected chi connectivity index (χ0v) is 21.0. The van der Waals surface area contributed by atoms with Crippen LogP contribution in [0.4, 0.5) is 4.79 Å². The van der Waals surface area contributed by atoms with Crippen LogP contribution in [0, 0.1) is 0 Å². The van der Waals surface area contributed by atoms with Crippen molar-refractivity contribution in [3.8, 4) is 11.4 Å². The maximum atomic E-state index is 13.6. The lowest BCUT2D eigenvalue weighted by Gasteiger charge is -2.37. The van der Waals surface area contributed by atoms with Gasteiger partial charge in [0.2, 0.25) is 5.60 Å². The number of ether oxygens (including phenoxy) is 2. The van der Waals surface area contributed by atoms with Crippen LogP contribution in [0.3, 0.4) is 0 Å². The number of aromatic nitrogens is 2. The number of carbonyl (C=O) groups excluding carboxylic acids is 3. The maximum absolute atomic E-state index is 13.6. The van der Waals surface area contributed by atoms with Crippen LogP contribution < -0.4 is 10.9 Å². The Morgan fingerprint density at radius 3 is 2.76 bits per heavy atom. The molecule has 5 rings (SSSR count). The number of ketones is 1. The zero-order chi connectivity index (χ0) is 26.3. The Hall–Kier alpha value is -4.05. The van der Waals surface area contributed by atoms with E-state index in [0.29, 0.717) is 30.0 Å². The number of Topliss-reactive ketones (excluding diaryl/α,β-unsaturated/α-hetero) is 1. The molecule has 3 aromatic rings. The van der Waals surface area contributed by atoms with Gasteiger partial charge in [-0.1, -0.05) is 25.1 Å². The summed E-state index contributed by atoms with van der Waals surface area (Å²) in [6.07, 6.45) is -0.784. The van der Waals surface area contributed by atoms with Gasteiger partial charge in [-0.05, 0) is 38.6 Å². The first-order valence-corrected chi connectivity index (χ1v) is 12.2. The number of likely N-dealkylation sites (N-methyl/N-ethyl adjacent to an activating group) is 1. The van der Waals surface area contributed by atoms with Gasteiger partial charge in [-0.15, -0.1) is 0 Å². The number of nitrogens with zero attached hydrogens (tertiary/aromatic N) is 3. The molecule has 0 fully saturated rings. The van der Waals surface area contributed by atoms with Crippen LogP contribution in [0.15, 0.2) is 41.2 Å². The highest BCUT2D eigenvalue weighted by atomic mass is 16.6. The highest BCUT2D eigenvalue weighted by Gasteiger charge is 2.51. The smallest absolute Gasteiger partial charge is 0.411 e. The Balaban J connectivity index is 1.62. The molecule has 0 unspecified atom stereocenters. The first-order valence-electron chi connectivity index (χ1n) is 12.2. The van der Waals surface area contributed by atoms with E-state index in [-0.39, 0.29) is 43.0 Å². The van der Waals surface area contributed by atoms with E-state index in [2.05, 4.69) is 5.32 Å². The number of amides is 1. The number of hydrogen-bond acceptors (Lipinski definition) is 8. The number of para-hydroxylation sites is 1. The van der Waals surface area contributed by atoms with E-state index in [4.69, 9.17) is 14.5 Å².